The molecule has 61 heavy (non-hydrogen) atoms. The third-order valence-electron chi connectivity index (χ3n) is 7.81. The van der Waals surface area contributed by atoms with Gasteiger partial charge in [0.05, 0.1) is 12.4 Å². The first-order valence-corrected chi connectivity index (χ1v) is 23.8. The van der Waals surface area contributed by atoms with E-state index in [1.165, 1.54) is 31.8 Å². The van der Waals surface area contributed by atoms with Crippen molar-refractivity contribution in [3.63, 3.8) is 0 Å². The molecular formula is C52H62Cl2N4P2Ru. The summed E-state index contributed by atoms with van der Waals surface area (Å²) in [5.41, 5.74) is 0. The summed E-state index contributed by atoms with van der Waals surface area (Å²) in [7, 11) is -0.892. The van der Waals surface area contributed by atoms with E-state index < -0.39 is 15.8 Å². The first kappa shape index (κ1) is 53.2. The van der Waals surface area contributed by atoms with Gasteiger partial charge in [-0.2, -0.15) is 0 Å². The van der Waals surface area contributed by atoms with Gasteiger partial charge in [-0.05, 0) is 103 Å². The van der Waals surface area contributed by atoms with Crippen molar-refractivity contribution >= 4 is 93.6 Å². The zero-order valence-corrected chi connectivity index (χ0v) is 41.6. The van der Waals surface area contributed by atoms with Gasteiger partial charge in [0.2, 0.25) is 0 Å². The summed E-state index contributed by atoms with van der Waals surface area (Å²) in [4.78, 5) is 16.3. The number of aliphatic imine (C=N–C) groups is 4. The summed E-state index contributed by atoms with van der Waals surface area (Å²) in [5.74, 6) is 0. The van der Waals surface area contributed by atoms with Crippen molar-refractivity contribution in [3.05, 3.63) is 182 Å². The summed E-state index contributed by atoms with van der Waals surface area (Å²) in [5, 5.41) is 9.35. The Balaban J connectivity index is 0.000000830. The van der Waals surface area contributed by atoms with E-state index in [2.05, 4.69) is 202 Å². The molecule has 0 heterocycles. The molecule has 0 unspecified atom stereocenters. The first-order chi connectivity index (χ1) is 28.9. The minimum absolute atomic E-state index is 0. The zero-order valence-electron chi connectivity index (χ0n) is 38.6. The Kier molecular flexibility index (Phi) is 27.0. The Morgan fingerprint density at radius 3 is 0.689 bits per heavy atom. The van der Waals surface area contributed by atoms with E-state index in [4.69, 9.17) is 23.2 Å². The average Bonchev–Trinajstić information content (AvgIpc) is 3.25. The van der Waals surface area contributed by atoms with E-state index >= 15 is 0 Å². The summed E-state index contributed by atoms with van der Waals surface area (Å²) >= 11 is 11.4. The standard InChI is InChI=1S/2C18H15P.2C8H15ClN2.Ru.2H/c2*1-4-10-16(11-5-1)19(17-12-6-2-7-13-17)18-14-8-3-9-15-18;2*1-6(2)10-5-8(9)11-7(3)4;;;/h2*1-15H;2*5-7H,1-4H3;;;/q;;;;+2;2*-1. The van der Waals surface area contributed by atoms with Crippen molar-refractivity contribution in [2.75, 3.05) is 0 Å². The van der Waals surface area contributed by atoms with Gasteiger partial charge in [-0.25, -0.2) is 0 Å². The fourth-order valence-corrected chi connectivity index (χ4v) is 10.5. The first-order valence-electron chi connectivity index (χ1n) is 20.4. The van der Waals surface area contributed by atoms with Crippen LogP contribution in [-0.2, 0) is 19.5 Å². The monoisotopic (exact) mass is 976 g/mol. The van der Waals surface area contributed by atoms with Crippen molar-refractivity contribution < 1.29 is 22.3 Å². The van der Waals surface area contributed by atoms with E-state index in [1.807, 2.05) is 55.4 Å². The summed E-state index contributed by atoms with van der Waals surface area (Å²) in [6, 6.07) is 65.7. The van der Waals surface area contributed by atoms with Gasteiger partial charge in [-0.3, -0.25) is 20.0 Å². The SMILES string of the molecule is CC(C)N=CC(Cl)=NC(C)C.CC(C)N=CC(Cl)=NC(C)C.[H-].[H-].[Ru+2].c1ccc(P(c2ccccc2)c2ccccc2)cc1.c1ccc(P(c2ccccc2)c2ccccc2)cc1. The second-order valence-electron chi connectivity index (χ2n) is 14.5. The Morgan fingerprint density at radius 1 is 0.361 bits per heavy atom. The third kappa shape index (κ3) is 22.1. The molecule has 0 N–H and O–H groups in total. The van der Waals surface area contributed by atoms with Crippen LogP contribution in [0.25, 0.3) is 0 Å². The molecule has 0 atom stereocenters. The van der Waals surface area contributed by atoms with Crippen LogP contribution in [0.2, 0.25) is 0 Å². The Labute approximate surface area is 395 Å². The van der Waals surface area contributed by atoms with Gasteiger partial charge in [0.15, 0.2) is 0 Å². The molecule has 0 aliphatic carbocycles. The smallest absolute Gasteiger partial charge is 1.00 e. The van der Waals surface area contributed by atoms with Crippen molar-refractivity contribution in [1.29, 1.82) is 0 Å². The molecule has 0 aliphatic heterocycles. The maximum atomic E-state index is 5.72. The quantitative estimate of drug-likeness (QED) is 0.0667. The second kappa shape index (κ2) is 31.0. The van der Waals surface area contributed by atoms with Crippen LogP contribution in [0.15, 0.2) is 202 Å². The molecule has 6 aromatic carbocycles. The van der Waals surface area contributed by atoms with E-state index in [1.54, 1.807) is 12.4 Å². The summed E-state index contributed by atoms with van der Waals surface area (Å²) in [6.45, 7) is 15.9. The molecule has 0 saturated carbocycles. The maximum Gasteiger partial charge on any atom is 2.00 e. The van der Waals surface area contributed by atoms with E-state index in [0.29, 0.717) is 10.3 Å². The number of nitrogens with zero attached hydrogens (tertiary/aromatic N) is 4. The third-order valence-corrected chi connectivity index (χ3v) is 13.1. The molecule has 6 rings (SSSR count). The minimum Gasteiger partial charge on any atom is -1.00 e. The number of rotatable bonds is 12. The molecule has 0 saturated heterocycles. The van der Waals surface area contributed by atoms with Crippen molar-refractivity contribution in [1.82, 2.24) is 0 Å². The van der Waals surface area contributed by atoms with Gasteiger partial charge in [-0.1, -0.05) is 205 Å². The number of hydrogen-bond donors (Lipinski definition) is 0. The molecule has 9 heteroatoms. The molecule has 4 nitrogen and oxygen atoms in total. The zero-order chi connectivity index (χ0) is 43.5. The van der Waals surface area contributed by atoms with E-state index in [0.717, 1.165) is 0 Å². The fraction of sp³-hybridized carbons (Fsp3) is 0.231. The topological polar surface area (TPSA) is 49.4 Å². The van der Waals surface area contributed by atoms with Crippen molar-refractivity contribution in [3.8, 4) is 0 Å². The molecule has 0 bridgehead atoms. The Hall–Kier alpha value is -3.94. The van der Waals surface area contributed by atoms with Crippen LogP contribution in [0.3, 0.4) is 0 Å². The summed E-state index contributed by atoms with van der Waals surface area (Å²) < 4.78 is 0. The molecule has 0 radical (unpaired) electrons. The predicted octanol–water partition coefficient (Wildman–Crippen LogP) is 12.1. The molecule has 0 aliphatic rings. The van der Waals surface area contributed by atoms with Crippen LogP contribution in [-0.4, -0.2) is 46.9 Å². The van der Waals surface area contributed by atoms with Gasteiger partial charge in [-0.15, -0.1) is 0 Å². The van der Waals surface area contributed by atoms with Gasteiger partial charge in [0, 0.05) is 24.2 Å². The van der Waals surface area contributed by atoms with E-state index in [-0.39, 0.29) is 46.5 Å². The van der Waals surface area contributed by atoms with Gasteiger partial charge in [0.1, 0.15) is 10.3 Å². The number of halogens is 2. The largest absolute Gasteiger partial charge is 2.00 e. The van der Waals surface area contributed by atoms with Crippen LogP contribution < -0.4 is 31.8 Å². The van der Waals surface area contributed by atoms with Crippen LogP contribution in [0.5, 0.6) is 0 Å². The molecule has 0 fully saturated rings. The van der Waals surface area contributed by atoms with E-state index in [9.17, 15) is 0 Å². The second-order valence-corrected chi connectivity index (χ2v) is 19.7. The van der Waals surface area contributed by atoms with Crippen LogP contribution in [0, 0.1) is 0 Å². The molecular weight excluding hydrogens is 915 g/mol. The van der Waals surface area contributed by atoms with Crippen LogP contribution in [0.1, 0.15) is 58.2 Å². The number of benzene rings is 6. The predicted molar refractivity (Wildman–Crippen MR) is 277 cm³/mol. The molecule has 0 aromatic heterocycles. The maximum absolute atomic E-state index is 5.72. The van der Waals surface area contributed by atoms with Gasteiger partial charge >= 0.3 is 19.5 Å². The molecule has 6 aromatic rings. The molecule has 0 amide bonds. The molecule has 322 valence electrons. The van der Waals surface area contributed by atoms with Gasteiger partial charge in [0.25, 0.3) is 0 Å². The van der Waals surface area contributed by atoms with Crippen molar-refractivity contribution in [2.45, 2.75) is 79.6 Å². The Morgan fingerprint density at radius 2 is 0.541 bits per heavy atom. The number of hydrogen-bond acceptors (Lipinski definition) is 4. The Bertz CT molecular complexity index is 1800. The normalized spacial score (nSPS) is 11.6. The fourth-order valence-electron chi connectivity index (χ4n) is 5.34. The van der Waals surface area contributed by atoms with Crippen LogP contribution >= 0.6 is 39.0 Å². The average molecular weight is 977 g/mol. The molecule has 0 spiro atoms. The van der Waals surface area contributed by atoms with Crippen LogP contribution in [0.4, 0.5) is 0 Å². The summed E-state index contributed by atoms with van der Waals surface area (Å²) in [6.07, 6.45) is 3.21. The minimum atomic E-state index is -0.446. The van der Waals surface area contributed by atoms with Gasteiger partial charge < -0.3 is 2.85 Å². The van der Waals surface area contributed by atoms with Crippen molar-refractivity contribution in [2.24, 2.45) is 20.0 Å².